The van der Waals surface area contributed by atoms with Crippen molar-refractivity contribution in [1.29, 1.82) is 0 Å². The number of halogens is 2. The summed E-state index contributed by atoms with van der Waals surface area (Å²) in [6.45, 7) is 2.73. The van der Waals surface area contributed by atoms with Crippen molar-refractivity contribution in [3.05, 3.63) is 53.4 Å². The summed E-state index contributed by atoms with van der Waals surface area (Å²) in [4.78, 5) is 0. The molecular weight excluding hydrogens is 260 g/mol. The second-order valence-corrected chi connectivity index (χ2v) is 4.87. The minimum atomic E-state index is -0.512. The average molecular weight is 279 g/mol. The molecule has 0 saturated carbocycles. The van der Waals surface area contributed by atoms with Crippen molar-refractivity contribution in [3.8, 4) is 0 Å². The van der Waals surface area contributed by atoms with Crippen LogP contribution in [0.3, 0.4) is 0 Å². The third-order valence-corrected chi connectivity index (χ3v) is 3.19. The predicted octanol–water partition coefficient (Wildman–Crippen LogP) is 2.98. The van der Waals surface area contributed by atoms with E-state index in [1.165, 1.54) is 18.2 Å². The van der Waals surface area contributed by atoms with Gasteiger partial charge < -0.3 is 5.32 Å². The minimum Gasteiger partial charge on any atom is -0.309 e. The first-order valence-corrected chi connectivity index (χ1v) is 6.76. The summed E-state index contributed by atoms with van der Waals surface area (Å²) in [5.41, 5.74) is 1.05. The van der Waals surface area contributed by atoms with E-state index in [1.54, 1.807) is 10.9 Å². The van der Waals surface area contributed by atoms with Crippen molar-refractivity contribution in [2.75, 3.05) is 6.54 Å². The van der Waals surface area contributed by atoms with Gasteiger partial charge in [-0.05, 0) is 37.1 Å². The maximum Gasteiger partial charge on any atom is 0.130 e. The van der Waals surface area contributed by atoms with Gasteiger partial charge in [0.1, 0.15) is 11.6 Å². The highest BCUT2D eigenvalue weighted by Gasteiger charge is 2.20. The van der Waals surface area contributed by atoms with Gasteiger partial charge in [0, 0.05) is 24.8 Å². The number of aryl methyl sites for hydroxylation is 1. The van der Waals surface area contributed by atoms with E-state index < -0.39 is 11.6 Å². The van der Waals surface area contributed by atoms with E-state index >= 15 is 0 Å². The first-order chi connectivity index (χ1) is 9.61. The van der Waals surface area contributed by atoms with Crippen LogP contribution in [0.1, 0.15) is 30.5 Å². The molecule has 2 aromatic rings. The lowest BCUT2D eigenvalue weighted by Crippen LogP contribution is -2.26. The Hall–Kier alpha value is -1.75. The molecule has 5 heteroatoms. The van der Waals surface area contributed by atoms with Gasteiger partial charge in [-0.25, -0.2) is 8.78 Å². The Morgan fingerprint density at radius 2 is 2.00 bits per heavy atom. The lowest BCUT2D eigenvalue weighted by atomic mass is 9.99. The number of nitrogens with one attached hydrogen (secondary N) is 1. The summed E-state index contributed by atoms with van der Waals surface area (Å²) in [6.07, 6.45) is 4.99. The first-order valence-electron chi connectivity index (χ1n) is 6.76. The van der Waals surface area contributed by atoms with Gasteiger partial charge in [-0.3, -0.25) is 4.68 Å². The summed E-state index contributed by atoms with van der Waals surface area (Å²) in [5.74, 6) is -1.02. The van der Waals surface area contributed by atoms with E-state index in [2.05, 4.69) is 10.4 Å². The molecule has 1 heterocycles. The highest BCUT2D eigenvalue weighted by Crippen LogP contribution is 2.24. The van der Waals surface area contributed by atoms with Gasteiger partial charge in [-0.15, -0.1) is 0 Å². The molecule has 2 rings (SSSR count). The van der Waals surface area contributed by atoms with Gasteiger partial charge in [0.05, 0.1) is 6.20 Å². The van der Waals surface area contributed by atoms with Crippen LogP contribution in [-0.4, -0.2) is 16.3 Å². The van der Waals surface area contributed by atoms with E-state index in [4.69, 9.17) is 0 Å². The Kier molecular flexibility index (Phi) is 4.84. The van der Waals surface area contributed by atoms with Gasteiger partial charge in [0.2, 0.25) is 0 Å². The number of hydrogen-bond donors (Lipinski definition) is 1. The third kappa shape index (κ3) is 3.42. The molecule has 0 bridgehead atoms. The van der Waals surface area contributed by atoms with E-state index in [0.717, 1.165) is 12.0 Å². The van der Waals surface area contributed by atoms with Crippen LogP contribution in [0.25, 0.3) is 0 Å². The van der Waals surface area contributed by atoms with Crippen LogP contribution < -0.4 is 5.32 Å². The molecule has 0 aliphatic rings. The summed E-state index contributed by atoms with van der Waals surface area (Å²) in [6, 6.07) is 3.58. The lowest BCUT2D eigenvalue weighted by Gasteiger charge is -2.19. The number of aromatic nitrogens is 2. The fraction of sp³-hybridized carbons (Fsp3) is 0.400. The average Bonchev–Trinajstić information content (AvgIpc) is 2.81. The second kappa shape index (κ2) is 6.61. The topological polar surface area (TPSA) is 29.9 Å². The zero-order valence-corrected chi connectivity index (χ0v) is 11.7. The van der Waals surface area contributed by atoms with Crippen LogP contribution in [-0.2, 0) is 13.5 Å². The van der Waals surface area contributed by atoms with Crippen LogP contribution in [0.5, 0.6) is 0 Å². The zero-order chi connectivity index (χ0) is 14.5. The molecule has 1 aromatic heterocycles. The predicted molar refractivity (Wildman–Crippen MR) is 74.3 cm³/mol. The van der Waals surface area contributed by atoms with Crippen molar-refractivity contribution in [2.45, 2.75) is 25.8 Å². The number of benzene rings is 1. The lowest BCUT2D eigenvalue weighted by molar-refractivity contribution is 0.464. The fourth-order valence-electron chi connectivity index (χ4n) is 2.25. The molecular formula is C15H19F2N3. The molecule has 108 valence electrons. The first kappa shape index (κ1) is 14.7. The summed E-state index contributed by atoms with van der Waals surface area (Å²) >= 11 is 0. The van der Waals surface area contributed by atoms with Crippen LogP contribution in [0.15, 0.2) is 30.6 Å². The van der Waals surface area contributed by atoms with Crippen LogP contribution in [0, 0.1) is 11.6 Å². The highest BCUT2D eigenvalue weighted by atomic mass is 19.1. The monoisotopic (exact) mass is 279 g/mol. The molecule has 1 N–H and O–H groups in total. The second-order valence-electron chi connectivity index (χ2n) is 4.87. The molecule has 1 aromatic carbocycles. The molecule has 0 saturated heterocycles. The van der Waals surface area contributed by atoms with Gasteiger partial charge in [0.15, 0.2) is 0 Å². The summed E-state index contributed by atoms with van der Waals surface area (Å²) in [7, 11) is 1.82. The smallest absolute Gasteiger partial charge is 0.130 e. The van der Waals surface area contributed by atoms with Gasteiger partial charge in [-0.2, -0.15) is 5.10 Å². The maximum absolute atomic E-state index is 13.9. The Morgan fingerprint density at radius 1 is 1.30 bits per heavy atom. The molecule has 0 amide bonds. The van der Waals surface area contributed by atoms with Crippen LogP contribution in [0.4, 0.5) is 8.78 Å². The number of rotatable bonds is 6. The molecule has 0 aliphatic carbocycles. The highest BCUT2D eigenvalue weighted by molar-refractivity contribution is 5.25. The van der Waals surface area contributed by atoms with Crippen molar-refractivity contribution in [3.63, 3.8) is 0 Å². The maximum atomic E-state index is 13.9. The van der Waals surface area contributed by atoms with E-state index in [-0.39, 0.29) is 11.6 Å². The van der Waals surface area contributed by atoms with Crippen molar-refractivity contribution in [2.24, 2.45) is 7.05 Å². The summed E-state index contributed by atoms with van der Waals surface area (Å²) in [5, 5.41) is 7.30. The molecule has 1 unspecified atom stereocenters. The third-order valence-electron chi connectivity index (χ3n) is 3.19. The summed E-state index contributed by atoms with van der Waals surface area (Å²) < 4.78 is 29.6. The minimum absolute atomic E-state index is 0.102. The van der Waals surface area contributed by atoms with Gasteiger partial charge >= 0.3 is 0 Å². The molecule has 3 nitrogen and oxygen atoms in total. The molecule has 0 radical (unpaired) electrons. The molecule has 1 atom stereocenters. The molecule has 0 spiro atoms. The molecule has 20 heavy (non-hydrogen) atoms. The van der Waals surface area contributed by atoms with E-state index in [9.17, 15) is 8.78 Å². The largest absolute Gasteiger partial charge is 0.309 e. The zero-order valence-electron chi connectivity index (χ0n) is 11.7. The van der Waals surface area contributed by atoms with E-state index in [0.29, 0.717) is 13.0 Å². The molecule has 0 fully saturated rings. The number of nitrogens with zero attached hydrogens (tertiary/aromatic N) is 2. The Bertz CT molecular complexity index is 546. The Balaban J connectivity index is 2.27. The van der Waals surface area contributed by atoms with Gasteiger partial charge in [0.25, 0.3) is 0 Å². The van der Waals surface area contributed by atoms with Crippen molar-refractivity contribution in [1.82, 2.24) is 15.1 Å². The van der Waals surface area contributed by atoms with Crippen LogP contribution in [0.2, 0.25) is 0 Å². The van der Waals surface area contributed by atoms with Crippen molar-refractivity contribution >= 4 is 0 Å². The Labute approximate surface area is 117 Å². The standard InChI is InChI=1S/C15H19F2N3/c1-3-7-18-14(8-11-9-19-20(2)10-11)15-12(16)5-4-6-13(15)17/h4-6,9-10,14,18H,3,7-8H2,1-2H3. The van der Waals surface area contributed by atoms with Crippen LogP contribution >= 0.6 is 0 Å². The quantitative estimate of drug-likeness (QED) is 0.881. The number of hydrogen-bond acceptors (Lipinski definition) is 2. The fourth-order valence-corrected chi connectivity index (χ4v) is 2.25. The van der Waals surface area contributed by atoms with E-state index in [1.807, 2.05) is 20.2 Å². The molecule has 0 aliphatic heterocycles. The van der Waals surface area contributed by atoms with Crippen molar-refractivity contribution < 1.29 is 8.78 Å². The normalized spacial score (nSPS) is 12.6. The van der Waals surface area contributed by atoms with Gasteiger partial charge in [-0.1, -0.05) is 13.0 Å². The Morgan fingerprint density at radius 3 is 2.55 bits per heavy atom. The SMILES string of the molecule is CCCNC(Cc1cnn(C)c1)c1c(F)cccc1F.